The van der Waals surface area contributed by atoms with Crippen LogP contribution in [0.5, 0.6) is 0 Å². The molecule has 1 heterocycles. The van der Waals surface area contributed by atoms with Gasteiger partial charge >= 0.3 is 17.9 Å². The van der Waals surface area contributed by atoms with Crippen molar-refractivity contribution in [1.29, 1.82) is 0 Å². The number of aromatic nitrogens is 2. The van der Waals surface area contributed by atoms with Crippen LogP contribution in [0.2, 0.25) is 0 Å². The number of nitrogens with zero attached hydrogens (tertiary/aromatic N) is 1. The normalized spacial score (nSPS) is 15.6. The number of hydrogen-bond donors (Lipinski definition) is 15. The molecule has 0 fully saturated rings. The molecule has 0 radical (unpaired) electrons. The number of aliphatic carboxylic acids is 3. The molecule has 17 N–H and O–H groups in total. The Morgan fingerprint density at radius 2 is 1.09 bits per heavy atom. The first kappa shape index (κ1) is 66.1. The van der Waals surface area contributed by atoms with Crippen LogP contribution in [0.3, 0.4) is 0 Å². The summed E-state index contributed by atoms with van der Waals surface area (Å²) in [5.41, 5.74) is 11.9. The molecule has 422 valence electrons. The van der Waals surface area contributed by atoms with Crippen molar-refractivity contribution < 1.29 is 78.0 Å². The Balaban J connectivity index is 3.46. The lowest BCUT2D eigenvalue weighted by atomic mass is 9.97. The Hall–Kier alpha value is -6.88. The zero-order valence-electron chi connectivity index (χ0n) is 43.4. The van der Waals surface area contributed by atoms with Gasteiger partial charge in [0.25, 0.3) is 0 Å². The van der Waals surface area contributed by atoms with Crippen LogP contribution in [0.15, 0.2) is 12.5 Å². The fourth-order valence-corrected chi connectivity index (χ4v) is 7.61. The fraction of sp³-hybridized carbons (Fsp3) is 0.674. The number of hydrogen-bond acceptors (Lipinski definition) is 16. The quantitative estimate of drug-likeness (QED) is 0.0313. The van der Waals surface area contributed by atoms with Gasteiger partial charge in [0, 0.05) is 31.2 Å². The molecule has 0 saturated heterocycles. The molecule has 0 bridgehead atoms. The molecule has 0 saturated carbocycles. The number of thioether (sulfide) groups is 1. The average Bonchev–Trinajstić information content (AvgIpc) is 3.84. The van der Waals surface area contributed by atoms with Crippen LogP contribution < -0.4 is 54.0 Å². The standard InChI is InChI=1S/C46H76N12O16S/c1-9-23(6)36(57-38(65)26(47)17-25-19-49-20-50-25)44(71)58-37(24(7)59)45(72)55-31(18-34(63)64)42(69)52-28(11-13-33(61)62)39(66)51-27(10-12-32(48)60)40(67)56-35(22(4)5)43(70)54-30(16-21(2)3)41(68)53-29(46(73)74)14-15-75-8/h19-24,26-31,35-37,59H,9-18,47H2,1-8H3,(H2,48,60)(H,49,50)(H,51,66)(H,52,69)(H,53,68)(H,54,70)(H,55,72)(H,56,67)(H,57,65)(H,58,71)(H,61,62)(H,63,64)(H,73,74)/t23-,24+,26-,27-,28-,29-,30-,31-,35-,36-,37-/m0/s1. The minimum Gasteiger partial charge on any atom is -0.481 e. The van der Waals surface area contributed by atoms with E-state index in [1.54, 1.807) is 34.0 Å². The summed E-state index contributed by atoms with van der Waals surface area (Å²) in [5.74, 6) is -14.8. The molecule has 0 aliphatic heterocycles. The van der Waals surface area contributed by atoms with Crippen molar-refractivity contribution >= 4 is 82.8 Å². The number of aliphatic hydroxyl groups excluding tert-OH is 1. The maximum Gasteiger partial charge on any atom is 0.326 e. The van der Waals surface area contributed by atoms with Crippen LogP contribution in [0.1, 0.15) is 106 Å². The van der Waals surface area contributed by atoms with Crippen molar-refractivity contribution in [1.82, 2.24) is 52.5 Å². The van der Waals surface area contributed by atoms with E-state index in [2.05, 4.69) is 52.5 Å². The van der Waals surface area contributed by atoms with Gasteiger partial charge in [-0.25, -0.2) is 9.78 Å². The molecule has 0 aromatic carbocycles. The number of carbonyl (C=O) groups is 12. The monoisotopic (exact) mass is 1080 g/mol. The third kappa shape index (κ3) is 24.3. The first-order valence-corrected chi connectivity index (χ1v) is 25.7. The van der Waals surface area contributed by atoms with Gasteiger partial charge in [-0.1, -0.05) is 48.0 Å². The van der Waals surface area contributed by atoms with E-state index in [0.717, 1.165) is 6.92 Å². The highest BCUT2D eigenvalue weighted by Gasteiger charge is 2.38. The number of carbonyl (C=O) groups excluding carboxylic acids is 9. The third-order valence-electron chi connectivity index (χ3n) is 11.6. The highest BCUT2D eigenvalue weighted by molar-refractivity contribution is 7.98. The average molecular weight is 1090 g/mol. The molecule has 29 heteroatoms. The smallest absolute Gasteiger partial charge is 0.326 e. The van der Waals surface area contributed by atoms with Crippen LogP contribution in [0, 0.1) is 17.8 Å². The summed E-state index contributed by atoms with van der Waals surface area (Å²) in [4.78, 5) is 164. The molecular weight excluding hydrogens is 1010 g/mol. The number of aromatic amines is 1. The van der Waals surface area contributed by atoms with Crippen molar-refractivity contribution in [2.45, 2.75) is 167 Å². The molecule has 0 aliphatic carbocycles. The van der Waals surface area contributed by atoms with Crippen molar-refractivity contribution in [2.24, 2.45) is 29.2 Å². The molecule has 75 heavy (non-hydrogen) atoms. The molecule has 1 aromatic rings. The highest BCUT2D eigenvalue weighted by Crippen LogP contribution is 2.13. The number of carboxylic acids is 3. The van der Waals surface area contributed by atoms with Gasteiger partial charge in [0.2, 0.25) is 53.2 Å². The zero-order valence-corrected chi connectivity index (χ0v) is 44.2. The van der Waals surface area contributed by atoms with Crippen LogP contribution >= 0.6 is 11.8 Å². The second-order valence-corrected chi connectivity index (χ2v) is 19.8. The Bertz CT molecular complexity index is 2130. The zero-order chi connectivity index (χ0) is 57.3. The number of primary amides is 1. The molecule has 0 aliphatic rings. The van der Waals surface area contributed by atoms with Gasteiger partial charge in [-0.3, -0.25) is 52.7 Å². The van der Waals surface area contributed by atoms with Gasteiger partial charge in [-0.2, -0.15) is 11.8 Å². The number of amides is 9. The lowest BCUT2D eigenvalue weighted by molar-refractivity contribution is -0.142. The number of carboxylic acid groups (broad SMARTS) is 3. The topological polar surface area (TPSA) is 463 Å². The second-order valence-electron chi connectivity index (χ2n) is 18.8. The SMILES string of the molecule is CC[C@H](C)[C@H](NC(=O)[C@@H](N)Cc1cnc[nH]1)C(=O)N[C@H](C(=O)N[C@@H](CC(=O)O)C(=O)N[C@@H](CCC(=O)O)C(=O)N[C@@H](CCC(N)=O)C(=O)N[C@H](C(=O)N[C@@H](CC(C)C)C(=O)N[C@@H](CCSC)C(=O)O)C(C)C)[C@@H](C)O. The van der Waals surface area contributed by atoms with E-state index >= 15 is 0 Å². The van der Waals surface area contributed by atoms with E-state index in [1.807, 2.05) is 0 Å². The number of nitrogens with one attached hydrogen (secondary N) is 9. The Morgan fingerprint density at radius 1 is 0.613 bits per heavy atom. The molecule has 28 nitrogen and oxygen atoms in total. The van der Waals surface area contributed by atoms with E-state index in [9.17, 15) is 78.0 Å². The summed E-state index contributed by atoms with van der Waals surface area (Å²) in [6.07, 6.45) is -0.283. The van der Waals surface area contributed by atoms with Crippen LogP contribution in [0.4, 0.5) is 0 Å². The van der Waals surface area contributed by atoms with Crippen LogP contribution in [-0.4, -0.2) is 174 Å². The number of imidazole rings is 1. The maximum absolute atomic E-state index is 13.9. The van der Waals surface area contributed by atoms with E-state index < -0.39 is 175 Å². The molecule has 1 rings (SSSR count). The number of aliphatic hydroxyl groups is 1. The molecule has 0 spiro atoms. The highest BCUT2D eigenvalue weighted by atomic mass is 32.2. The second kappa shape index (κ2) is 33.1. The molecule has 0 unspecified atom stereocenters. The maximum atomic E-state index is 13.9. The summed E-state index contributed by atoms with van der Waals surface area (Å²) in [6, 6.07) is -13.9. The Morgan fingerprint density at radius 3 is 1.57 bits per heavy atom. The molecule has 9 amide bonds. The lowest BCUT2D eigenvalue weighted by Gasteiger charge is -2.30. The summed E-state index contributed by atoms with van der Waals surface area (Å²) < 4.78 is 0. The molecule has 1 aromatic heterocycles. The van der Waals surface area contributed by atoms with Gasteiger partial charge in [0.15, 0.2) is 0 Å². The number of nitrogens with two attached hydrogens (primary N) is 2. The predicted octanol–water partition coefficient (Wildman–Crippen LogP) is -3.27. The number of H-pyrrole nitrogens is 1. The fourth-order valence-electron chi connectivity index (χ4n) is 7.14. The Kier molecular flexibility index (Phi) is 29.2. The molecular formula is C46H76N12O16S. The van der Waals surface area contributed by atoms with Gasteiger partial charge < -0.3 is 79.4 Å². The first-order valence-electron chi connectivity index (χ1n) is 24.3. The summed E-state index contributed by atoms with van der Waals surface area (Å²) in [6.45, 7) is 11.0. The minimum absolute atomic E-state index is 0.0256. The molecule has 11 atom stereocenters. The lowest BCUT2D eigenvalue weighted by Crippen LogP contribution is -2.62. The van der Waals surface area contributed by atoms with Crippen molar-refractivity contribution in [3.05, 3.63) is 18.2 Å². The van der Waals surface area contributed by atoms with E-state index in [0.29, 0.717) is 17.9 Å². The Labute approximate surface area is 438 Å². The van der Waals surface area contributed by atoms with Gasteiger partial charge in [-0.15, -0.1) is 0 Å². The van der Waals surface area contributed by atoms with E-state index in [1.165, 1.54) is 38.1 Å². The summed E-state index contributed by atoms with van der Waals surface area (Å²) in [7, 11) is 0. The summed E-state index contributed by atoms with van der Waals surface area (Å²) >= 11 is 1.36. The van der Waals surface area contributed by atoms with Crippen molar-refractivity contribution in [3.63, 3.8) is 0 Å². The van der Waals surface area contributed by atoms with Crippen LogP contribution in [0.25, 0.3) is 0 Å². The van der Waals surface area contributed by atoms with Gasteiger partial charge in [-0.05, 0) is 62.4 Å². The van der Waals surface area contributed by atoms with Crippen molar-refractivity contribution in [3.8, 4) is 0 Å². The summed E-state index contributed by atoms with van der Waals surface area (Å²) in [5, 5.41) is 58.5. The number of rotatable bonds is 36. The predicted molar refractivity (Wildman–Crippen MR) is 269 cm³/mol. The van der Waals surface area contributed by atoms with E-state index in [-0.39, 0.29) is 25.2 Å². The third-order valence-corrected chi connectivity index (χ3v) is 12.2. The van der Waals surface area contributed by atoms with Crippen molar-refractivity contribution in [2.75, 3.05) is 12.0 Å². The van der Waals surface area contributed by atoms with Crippen LogP contribution in [-0.2, 0) is 64.0 Å². The largest absolute Gasteiger partial charge is 0.481 e. The van der Waals surface area contributed by atoms with Gasteiger partial charge in [0.1, 0.15) is 48.3 Å². The first-order chi connectivity index (χ1) is 35.0. The minimum atomic E-state index is -2.06. The van der Waals surface area contributed by atoms with Gasteiger partial charge in [0.05, 0.1) is 24.9 Å². The van der Waals surface area contributed by atoms with E-state index in [4.69, 9.17) is 11.5 Å².